The number of aryl methyl sites for hydroxylation is 4. The predicted molar refractivity (Wildman–Crippen MR) is 75.2 cm³/mol. The molecule has 0 amide bonds. The van der Waals surface area contributed by atoms with Crippen LogP contribution in [-0.2, 0) is 0 Å². The zero-order chi connectivity index (χ0) is 14.2. The molecule has 98 valence electrons. The number of hydrogen-bond donors (Lipinski definition) is 0. The van der Waals surface area contributed by atoms with Gasteiger partial charge in [-0.1, -0.05) is 18.2 Å². The van der Waals surface area contributed by atoms with Crippen LogP contribution < -0.4 is 0 Å². The smallest absolute Gasteiger partial charge is 0.196 e. The van der Waals surface area contributed by atoms with Crippen LogP contribution in [0.2, 0.25) is 0 Å². The first kappa shape index (κ1) is 13.5. The van der Waals surface area contributed by atoms with E-state index in [-0.39, 0.29) is 11.3 Å². The van der Waals surface area contributed by atoms with Crippen molar-refractivity contribution in [3.63, 3.8) is 0 Å². The largest absolute Gasteiger partial charge is 0.288 e. The Labute approximate surface area is 113 Å². The second-order valence-corrected chi connectivity index (χ2v) is 5.02. The number of carbonyl (C=O) groups excluding carboxylic acids is 1. The average molecular weight is 256 g/mol. The molecule has 0 aromatic heterocycles. The summed E-state index contributed by atoms with van der Waals surface area (Å²) in [4.78, 5) is 12.5. The molecule has 0 spiro atoms. The zero-order valence-corrected chi connectivity index (χ0v) is 11.7. The molecule has 2 aromatic rings. The van der Waals surface area contributed by atoms with Gasteiger partial charge in [0.2, 0.25) is 0 Å². The Morgan fingerprint density at radius 3 is 2.16 bits per heavy atom. The van der Waals surface area contributed by atoms with E-state index in [2.05, 4.69) is 0 Å². The summed E-state index contributed by atoms with van der Waals surface area (Å²) in [5.41, 5.74) is 4.28. The van der Waals surface area contributed by atoms with Crippen molar-refractivity contribution < 1.29 is 9.18 Å². The average Bonchev–Trinajstić information content (AvgIpc) is 2.36. The first-order valence-corrected chi connectivity index (χ1v) is 6.29. The Morgan fingerprint density at radius 1 is 0.842 bits per heavy atom. The van der Waals surface area contributed by atoms with Crippen LogP contribution in [0.25, 0.3) is 0 Å². The summed E-state index contributed by atoms with van der Waals surface area (Å²) in [6.45, 7) is 7.51. The monoisotopic (exact) mass is 256 g/mol. The van der Waals surface area contributed by atoms with Crippen LogP contribution in [0.5, 0.6) is 0 Å². The van der Waals surface area contributed by atoms with Gasteiger partial charge in [0.15, 0.2) is 5.78 Å². The summed E-state index contributed by atoms with van der Waals surface area (Å²) >= 11 is 0. The molecule has 0 aliphatic carbocycles. The van der Waals surface area contributed by atoms with Crippen LogP contribution in [0.1, 0.15) is 38.2 Å². The molecule has 0 fully saturated rings. The van der Waals surface area contributed by atoms with E-state index in [9.17, 15) is 9.18 Å². The Hall–Kier alpha value is -1.96. The molecule has 2 aromatic carbocycles. The highest BCUT2D eigenvalue weighted by atomic mass is 19.1. The maximum absolute atomic E-state index is 14.0. The quantitative estimate of drug-likeness (QED) is 0.732. The van der Waals surface area contributed by atoms with Crippen molar-refractivity contribution in [2.45, 2.75) is 27.7 Å². The van der Waals surface area contributed by atoms with E-state index in [0.29, 0.717) is 11.1 Å². The topological polar surface area (TPSA) is 17.1 Å². The number of carbonyl (C=O) groups is 1. The first-order valence-electron chi connectivity index (χ1n) is 6.29. The third kappa shape index (κ3) is 2.43. The molecule has 2 rings (SSSR count). The van der Waals surface area contributed by atoms with Crippen LogP contribution in [0.4, 0.5) is 4.39 Å². The summed E-state index contributed by atoms with van der Waals surface area (Å²) in [7, 11) is 0. The van der Waals surface area contributed by atoms with Crippen molar-refractivity contribution in [2.24, 2.45) is 0 Å². The maximum atomic E-state index is 14.0. The Kier molecular flexibility index (Phi) is 3.52. The van der Waals surface area contributed by atoms with Crippen molar-refractivity contribution in [1.82, 2.24) is 0 Å². The molecule has 0 N–H and O–H groups in total. The van der Waals surface area contributed by atoms with Crippen LogP contribution >= 0.6 is 0 Å². The van der Waals surface area contributed by atoms with E-state index < -0.39 is 5.82 Å². The SMILES string of the molecule is Cc1cc(C)c(C(=O)c2cccc(C)c2F)cc1C. The highest BCUT2D eigenvalue weighted by molar-refractivity contribution is 6.10. The molecule has 19 heavy (non-hydrogen) atoms. The zero-order valence-electron chi connectivity index (χ0n) is 11.7. The fourth-order valence-electron chi connectivity index (χ4n) is 2.17. The van der Waals surface area contributed by atoms with E-state index in [1.54, 1.807) is 25.1 Å². The van der Waals surface area contributed by atoms with Gasteiger partial charge in [-0.05, 0) is 62.1 Å². The second-order valence-electron chi connectivity index (χ2n) is 5.02. The molecule has 0 saturated heterocycles. The van der Waals surface area contributed by atoms with Gasteiger partial charge in [0.1, 0.15) is 5.82 Å². The number of rotatable bonds is 2. The van der Waals surface area contributed by atoms with Crippen LogP contribution in [0.3, 0.4) is 0 Å². The van der Waals surface area contributed by atoms with Gasteiger partial charge in [0.25, 0.3) is 0 Å². The fourth-order valence-corrected chi connectivity index (χ4v) is 2.17. The van der Waals surface area contributed by atoms with Crippen LogP contribution in [-0.4, -0.2) is 5.78 Å². The number of halogens is 1. The Morgan fingerprint density at radius 2 is 1.47 bits per heavy atom. The van der Waals surface area contributed by atoms with Crippen molar-refractivity contribution >= 4 is 5.78 Å². The summed E-state index contributed by atoms with van der Waals surface area (Å²) in [6, 6.07) is 8.73. The van der Waals surface area contributed by atoms with E-state index >= 15 is 0 Å². The van der Waals surface area contributed by atoms with E-state index in [1.807, 2.05) is 32.9 Å². The van der Waals surface area contributed by atoms with Gasteiger partial charge in [-0.3, -0.25) is 4.79 Å². The number of ketones is 1. The van der Waals surface area contributed by atoms with Gasteiger partial charge in [-0.25, -0.2) is 4.39 Å². The fraction of sp³-hybridized carbons (Fsp3) is 0.235. The van der Waals surface area contributed by atoms with Gasteiger partial charge in [-0.2, -0.15) is 0 Å². The minimum atomic E-state index is -0.426. The Balaban J connectivity index is 2.56. The van der Waals surface area contributed by atoms with Gasteiger partial charge >= 0.3 is 0 Å². The normalized spacial score (nSPS) is 10.6. The number of benzene rings is 2. The second kappa shape index (κ2) is 4.96. The lowest BCUT2D eigenvalue weighted by Crippen LogP contribution is -2.08. The van der Waals surface area contributed by atoms with Crippen molar-refractivity contribution in [2.75, 3.05) is 0 Å². The van der Waals surface area contributed by atoms with Crippen LogP contribution in [0.15, 0.2) is 30.3 Å². The molecule has 2 heteroatoms. The third-order valence-electron chi connectivity index (χ3n) is 3.52. The lowest BCUT2D eigenvalue weighted by molar-refractivity contribution is 0.103. The van der Waals surface area contributed by atoms with Gasteiger partial charge in [0.05, 0.1) is 5.56 Å². The van der Waals surface area contributed by atoms with Crippen molar-refractivity contribution in [3.05, 3.63) is 69.5 Å². The molecular weight excluding hydrogens is 239 g/mol. The predicted octanol–water partition coefficient (Wildman–Crippen LogP) is 4.29. The Bertz CT molecular complexity index is 657. The van der Waals surface area contributed by atoms with Crippen molar-refractivity contribution in [3.8, 4) is 0 Å². The highest BCUT2D eigenvalue weighted by Gasteiger charge is 2.17. The molecule has 0 aliphatic heterocycles. The van der Waals surface area contributed by atoms with E-state index in [0.717, 1.165) is 16.7 Å². The standard InChI is InChI=1S/C17H17FO/c1-10-6-5-7-14(16(10)18)17(19)15-9-12(3)11(2)8-13(15)4/h5-9H,1-4H3. The minimum Gasteiger partial charge on any atom is -0.288 e. The minimum absolute atomic E-state index is 0.145. The summed E-state index contributed by atoms with van der Waals surface area (Å²) in [6.07, 6.45) is 0. The molecule has 0 atom stereocenters. The third-order valence-corrected chi connectivity index (χ3v) is 3.52. The molecule has 0 saturated carbocycles. The van der Waals surface area contributed by atoms with Crippen molar-refractivity contribution in [1.29, 1.82) is 0 Å². The summed E-state index contributed by atoms with van der Waals surface area (Å²) in [5.74, 6) is -0.674. The van der Waals surface area contributed by atoms with Gasteiger partial charge < -0.3 is 0 Å². The van der Waals surface area contributed by atoms with Crippen LogP contribution in [0, 0.1) is 33.5 Å². The molecule has 0 unspecified atom stereocenters. The maximum Gasteiger partial charge on any atom is 0.196 e. The molecule has 1 nitrogen and oxygen atoms in total. The molecule has 0 bridgehead atoms. The van der Waals surface area contributed by atoms with E-state index in [4.69, 9.17) is 0 Å². The van der Waals surface area contributed by atoms with Gasteiger partial charge in [-0.15, -0.1) is 0 Å². The van der Waals surface area contributed by atoms with Gasteiger partial charge in [0, 0.05) is 5.56 Å². The molecular formula is C17H17FO. The highest BCUT2D eigenvalue weighted by Crippen LogP contribution is 2.21. The first-order chi connectivity index (χ1) is 8.91. The lowest BCUT2D eigenvalue weighted by atomic mass is 9.94. The molecule has 0 aliphatic rings. The lowest BCUT2D eigenvalue weighted by Gasteiger charge is -2.10. The summed E-state index contributed by atoms with van der Waals surface area (Å²) < 4.78 is 14.0. The molecule has 0 radical (unpaired) electrons. The summed E-state index contributed by atoms with van der Waals surface area (Å²) in [5, 5.41) is 0. The molecule has 0 heterocycles. The van der Waals surface area contributed by atoms with E-state index in [1.165, 1.54) is 0 Å². The number of hydrogen-bond acceptors (Lipinski definition) is 1.